The number of benzene rings is 1. The molecule has 1 saturated heterocycles. The summed E-state index contributed by atoms with van der Waals surface area (Å²) in [6.07, 6.45) is 2.34. The number of rotatable bonds is 3. The maximum absolute atomic E-state index is 13.6. The first-order valence-corrected chi connectivity index (χ1v) is 7.26. The van der Waals surface area contributed by atoms with Crippen molar-refractivity contribution in [1.82, 2.24) is 9.88 Å². The topological polar surface area (TPSA) is 42.4 Å². The van der Waals surface area contributed by atoms with Crippen LogP contribution in [-0.4, -0.2) is 35.0 Å². The van der Waals surface area contributed by atoms with E-state index in [9.17, 15) is 9.18 Å². The molecule has 1 amide bonds. The van der Waals surface area contributed by atoms with Crippen molar-refractivity contribution < 1.29 is 13.9 Å². The van der Waals surface area contributed by atoms with E-state index in [1.165, 1.54) is 6.07 Å². The van der Waals surface area contributed by atoms with Crippen molar-refractivity contribution in [2.45, 2.75) is 19.4 Å². The van der Waals surface area contributed by atoms with Gasteiger partial charge in [-0.15, -0.1) is 0 Å². The van der Waals surface area contributed by atoms with Gasteiger partial charge in [0.15, 0.2) is 0 Å². The van der Waals surface area contributed by atoms with Crippen LogP contribution in [0.3, 0.4) is 0 Å². The first-order valence-electron chi connectivity index (χ1n) is 7.26. The van der Waals surface area contributed by atoms with Gasteiger partial charge in [0.1, 0.15) is 11.9 Å². The normalized spacial score (nSPS) is 17.5. The molecule has 5 heteroatoms. The predicted molar refractivity (Wildman–Crippen MR) is 80.3 cm³/mol. The summed E-state index contributed by atoms with van der Waals surface area (Å²) < 4.78 is 19.3. The van der Waals surface area contributed by atoms with Gasteiger partial charge in [-0.05, 0) is 30.7 Å². The van der Waals surface area contributed by atoms with Gasteiger partial charge in [0.05, 0.1) is 6.54 Å². The number of amides is 1. The smallest absolute Gasteiger partial charge is 0.254 e. The summed E-state index contributed by atoms with van der Waals surface area (Å²) in [5.74, 6) is 0.0422. The van der Waals surface area contributed by atoms with Crippen LogP contribution in [-0.2, 0) is 0 Å². The van der Waals surface area contributed by atoms with Gasteiger partial charge in [0.2, 0.25) is 5.88 Å². The third-order valence-electron chi connectivity index (χ3n) is 3.78. The van der Waals surface area contributed by atoms with Crippen molar-refractivity contribution in [3.05, 3.63) is 59.5 Å². The Labute approximate surface area is 128 Å². The summed E-state index contributed by atoms with van der Waals surface area (Å²) in [5, 5.41) is 0. The molecule has 0 unspecified atom stereocenters. The van der Waals surface area contributed by atoms with E-state index in [1.54, 1.807) is 36.2 Å². The van der Waals surface area contributed by atoms with E-state index >= 15 is 0 Å². The van der Waals surface area contributed by atoms with Crippen LogP contribution in [0.25, 0.3) is 0 Å². The average molecular weight is 300 g/mol. The summed E-state index contributed by atoms with van der Waals surface area (Å²) in [7, 11) is 0. The van der Waals surface area contributed by atoms with Crippen LogP contribution in [0.15, 0.2) is 42.6 Å². The monoisotopic (exact) mass is 300 g/mol. The zero-order valence-electron chi connectivity index (χ0n) is 12.3. The SMILES string of the molecule is Cc1ccc(C(=O)N2CC[C@H](Oc3ccccn3)C2)cc1F. The van der Waals surface area contributed by atoms with Crippen molar-refractivity contribution in [2.75, 3.05) is 13.1 Å². The Morgan fingerprint density at radius 1 is 1.36 bits per heavy atom. The molecule has 0 aliphatic carbocycles. The van der Waals surface area contributed by atoms with Crippen LogP contribution in [0.1, 0.15) is 22.3 Å². The van der Waals surface area contributed by atoms with Gasteiger partial charge in [-0.1, -0.05) is 12.1 Å². The number of carbonyl (C=O) groups excluding carboxylic acids is 1. The largest absolute Gasteiger partial charge is 0.472 e. The number of nitrogens with zero attached hydrogens (tertiary/aromatic N) is 2. The Morgan fingerprint density at radius 2 is 2.23 bits per heavy atom. The Hall–Kier alpha value is -2.43. The van der Waals surface area contributed by atoms with E-state index in [2.05, 4.69) is 4.98 Å². The fourth-order valence-electron chi connectivity index (χ4n) is 2.50. The van der Waals surface area contributed by atoms with E-state index in [-0.39, 0.29) is 17.8 Å². The fraction of sp³-hybridized carbons (Fsp3) is 0.294. The quantitative estimate of drug-likeness (QED) is 0.875. The molecular formula is C17H17FN2O2. The number of carbonyl (C=O) groups is 1. The second-order valence-electron chi connectivity index (χ2n) is 5.41. The number of likely N-dealkylation sites (tertiary alicyclic amines) is 1. The van der Waals surface area contributed by atoms with Gasteiger partial charge >= 0.3 is 0 Å². The first kappa shape index (κ1) is 14.5. The lowest BCUT2D eigenvalue weighted by molar-refractivity contribution is 0.0770. The van der Waals surface area contributed by atoms with Gasteiger partial charge in [-0.2, -0.15) is 0 Å². The van der Waals surface area contributed by atoms with Crippen LogP contribution in [0, 0.1) is 12.7 Å². The molecule has 0 radical (unpaired) electrons. The van der Waals surface area contributed by atoms with E-state index < -0.39 is 0 Å². The molecule has 1 atom stereocenters. The van der Waals surface area contributed by atoms with Gasteiger partial charge in [0, 0.05) is 30.8 Å². The maximum Gasteiger partial charge on any atom is 0.254 e. The Bertz CT molecular complexity index is 676. The molecule has 3 rings (SSSR count). The standard InChI is InChI=1S/C17H17FN2O2/c1-12-5-6-13(10-15(12)18)17(21)20-9-7-14(11-20)22-16-4-2-3-8-19-16/h2-6,8,10,14H,7,9,11H2,1H3/t14-/m0/s1. The summed E-state index contributed by atoms with van der Waals surface area (Å²) >= 11 is 0. The summed E-state index contributed by atoms with van der Waals surface area (Å²) in [5.41, 5.74) is 0.913. The third kappa shape index (κ3) is 3.08. The second kappa shape index (κ2) is 6.13. The Balaban J connectivity index is 1.64. The van der Waals surface area contributed by atoms with Gasteiger partial charge in [-0.25, -0.2) is 9.37 Å². The number of pyridine rings is 1. The van der Waals surface area contributed by atoms with E-state index in [4.69, 9.17) is 4.74 Å². The molecule has 0 bridgehead atoms. The molecule has 1 fully saturated rings. The van der Waals surface area contributed by atoms with Crippen LogP contribution >= 0.6 is 0 Å². The molecule has 4 nitrogen and oxygen atoms in total. The number of aromatic nitrogens is 1. The van der Waals surface area contributed by atoms with Gasteiger partial charge < -0.3 is 9.64 Å². The molecule has 1 aromatic heterocycles. The highest BCUT2D eigenvalue weighted by Crippen LogP contribution is 2.19. The lowest BCUT2D eigenvalue weighted by Gasteiger charge is -2.17. The highest BCUT2D eigenvalue weighted by atomic mass is 19.1. The van der Waals surface area contributed by atoms with Crippen LogP contribution < -0.4 is 4.74 Å². The summed E-state index contributed by atoms with van der Waals surface area (Å²) in [6.45, 7) is 2.77. The average Bonchev–Trinajstić information content (AvgIpc) is 2.99. The first-order chi connectivity index (χ1) is 10.6. The number of halogens is 1. The minimum atomic E-state index is -0.355. The number of aryl methyl sites for hydroxylation is 1. The van der Waals surface area contributed by atoms with Gasteiger partial charge in [-0.3, -0.25) is 4.79 Å². The third-order valence-corrected chi connectivity index (χ3v) is 3.78. The van der Waals surface area contributed by atoms with E-state index in [0.29, 0.717) is 30.1 Å². The zero-order valence-corrected chi connectivity index (χ0v) is 12.3. The van der Waals surface area contributed by atoms with E-state index in [1.807, 2.05) is 12.1 Å². The Morgan fingerprint density at radius 3 is 2.95 bits per heavy atom. The lowest BCUT2D eigenvalue weighted by Crippen LogP contribution is -2.31. The molecule has 1 aliphatic rings. The zero-order chi connectivity index (χ0) is 15.5. The van der Waals surface area contributed by atoms with Gasteiger partial charge in [0.25, 0.3) is 5.91 Å². The van der Waals surface area contributed by atoms with Crippen molar-refractivity contribution in [2.24, 2.45) is 0 Å². The fourth-order valence-corrected chi connectivity index (χ4v) is 2.50. The maximum atomic E-state index is 13.6. The molecule has 2 aromatic rings. The molecule has 22 heavy (non-hydrogen) atoms. The van der Waals surface area contributed by atoms with Crippen molar-refractivity contribution in [3.8, 4) is 5.88 Å². The highest BCUT2D eigenvalue weighted by Gasteiger charge is 2.28. The molecule has 2 heterocycles. The molecule has 0 saturated carbocycles. The minimum absolute atomic E-state index is 0.0749. The molecule has 1 aliphatic heterocycles. The van der Waals surface area contributed by atoms with Crippen molar-refractivity contribution >= 4 is 5.91 Å². The van der Waals surface area contributed by atoms with E-state index in [0.717, 1.165) is 6.42 Å². The lowest BCUT2D eigenvalue weighted by atomic mass is 10.1. The van der Waals surface area contributed by atoms with Crippen LogP contribution in [0.2, 0.25) is 0 Å². The molecule has 0 spiro atoms. The number of ether oxygens (including phenoxy) is 1. The second-order valence-corrected chi connectivity index (χ2v) is 5.41. The molecule has 114 valence electrons. The predicted octanol–water partition coefficient (Wildman–Crippen LogP) is 2.82. The van der Waals surface area contributed by atoms with Crippen molar-refractivity contribution in [1.29, 1.82) is 0 Å². The summed E-state index contributed by atoms with van der Waals surface area (Å²) in [4.78, 5) is 18.2. The molecular weight excluding hydrogens is 283 g/mol. The van der Waals surface area contributed by atoms with Crippen LogP contribution in [0.4, 0.5) is 4.39 Å². The molecule has 0 N–H and O–H groups in total. The van der Waals surface area contributed by atoms with Crippen molar-refractivity contribution in [3.63, 3.8) is 0 Å². The minimum Gasteiger partial charge on any atom is -0.472 e. The number of hydrogen-bond acceptors (Lipinski definition) is 3. The highest BCUT2D eigenvalue weighted by molar-refractivity contribution is 5.94. The Kier molecular flexibility index (Phi) is 4.04. The number of hydrogen-bond donors (Lipinski definition) is 0. The molecule has 1 aromatic carbocycles. The van der Waals surface area contributed by atoms with Crippen LogP contribution in [0.5, 0.6) is 5.88 Å². The summed E-state index contributed by atoms with van der Waals surface area (Å²) in [6, 6.07) is 10.1.